The first-order valence-electron chi connectivity index (χ1n) is 12.6. The molecule has 4 rings (SSSR count). The Hall–Kier alpha value is -3.62. The number of rotatable bonds is 11. The number of nitrogen functional groups attached to an aromatic ring is 1. The monoisotopic (exact) mass is 518 g/mol. The fraction of sp³-hybridized carbons (Fsp3) is 0.276. The summed E-state index contributed by atoms with van der Waals surface area (Å²) >= 11 is 0. The van der Waals surface area contributed by atoms with E-state index >= 15 is 0 Å². The fourth-order valence-electron chi connectivity index (χ4n) is 4.44. The Bertz CT molecular complexity index is 1490. The van der Waals surface area contributed by atoms with Crippen molar-refractivity contribution in [1.29, 1.82) is 0 Å². The van der Waals surface area contributed by atoms with Gasteiger partial charge in [0.25, 0.3) is 5.91 Å². The summed E-state index contributed by atoms with van der Waals surface area (Å²) in [5.41, 5.74) is 11.2. The SMILES string of the molecule is CCCCCc1ccc(S(=O)(=O)NCCc2c(C(=O)Nc3ccc(C)cc3N)[nH]c3ccccc23)cc1. The lowest BCUT2D eigenvalue weighted by atomic mass is 10.1. The normalized spacial score (nSPS) is 11.6. The van der Waals surface area contributed by atoms with E-state index in [4.69, 9.17) is 5.73 Å². The smallest absolute Gasteiger partial charge is 0.272 e. The molecule has 0 bridgehead atoms. The zero-order chi connectivity index (χ0) is 26.4. The maximum atomic E-state index is 13.2. The number of fused-ring (bicyclic) bond motifs is 1. The van der Waals surface area contributed by atoms with Gasteiger partial charge in [-0.25, -0.2) is 13.1 Å². The van der Waals surface area contributed by atoms with Crippen molar-refractivity contribution in [3.63, 3.8) is 0 Å². The van der Waals surface area contributed by atoms with Crippen molar-refractivity contribution in [2.24, 2.45) is 0 Å². The van der Waals surface area contributed by atoms with Gasteiger partial charge in [-0.1, -0.05) is 56.2 Å². The number of aromatic amines is 1. The minimum absolute atomic E-state index is 0.148. The molecule has 3 aromatic carbocycles. The topological polar surface area (TPSA) is 117 Å². The van der Waals surface area contributed by atoms with Crippen molar-refractivity contribution in [1.82, 2.24) is 9.71 Å². The van der Waals surface area contributed by atoms with E-state index in [2.05, 4.69) is 21.9 Å². The predicted octanol–water partition coefficient (Wildman–Crippen LogP) is 5.56. The number of hydrogen-bond donors (Lipinski definition) is 4. The quantitative estimate of drug-likeness (QED) is 0.153. The van der Waals surface area contributed by atoms with Crippen LogP contribution in [0.15, 0.2) is 71.6 Å². The van der Waals surface area contributed by atoms with Gasteiger partial charge < -0.3 is 16.0 Å². The van der Waals surface area contributed by atoms with Crippen LogP contribution in [0.3, 0.4) is 0 Å². The minimum Gasteiger partial charge on any atom is -0.397 e. The Kier molecular flexibility index (Phi) is 8.31. The van der Waals surface area contributed by atoms with Gasteiger partial charge in [0.05, 0.1) is 16.3 Å². The molecule has 1 heterocycles. The average Bonchev–Trinajstić information content (AvgIpc) is 3.25. The number of carbonyl (C=O) groups is 1. The van der Waals surface area contributed by atoms with Crippen LogP contribution in [0, 0.1) is 6.92 Å². The van der Waals surface area contributed by atoms with Crippen LogP contribution < -0.4 is 15.8 Å². The van der Waals surface area contributed by atoms with E-state index in [1.54, 1.807) is 24.3 Å². The van der Waals surface area contributed by atoms with E-state index in [0.29, 0.717) is 23.5 Å². The van der Waals surface area contributed by atoms with E-state index in [0.717, 1.165) is 53.3 Å². The molecule has 0 radical (unpaired) electrons. The van der Waals surface area contributed by atoms with Gasteiger partial charge in [0.2, 0.25) is 10.0 Å². The number of hydrogen-bond acceptors (Lipinski definition) is 4. The lowest BCUT2D eigenvalue weighted by Gasteiger charge is -2.11. The van der Waals surface area contributed by atoms with Gasteiger partial charge in [-0.15, -0.1) is 0 Å². The Morgan fingerprint density at radius 1 is 0.973 bits per heavy atom. The Labute approximate surface area is 218 Å². The number of aryl methyl sites for hydroxylation is 2. The maximum absolute atomic E-state index is 13.2. The summed E-state index contributed by atoms with van der Waals surface area (Å²) in [5, 5.41) is 3.75. The molecular formula is C29H34N4O3S. The van der Waals surface area contributed by atoms with Gasteiger partial charge in [-0.2, -0.15) is 0 Å². The minimum atomic E-state index is -3.68. The third kappa shape index (κ3) is 6.39. The van der Waals surface area contributed by atoms with E-state index in [1.807, 2.05) is 49.4 Å². The van der Waals surface area contributed by atoms with Gasteiger partial charge in [-0.3, -0.25) is 4.79 Å². The summed E-state index contributed by atoms with van der Waals surface area (Å²) in [6.07, 6.45) is 4.69. The first-order valence-corrected chi connectivity index (χ1v) is 14.1. The molecule has 0 aliphatic heterocycles. The molecule has 7 nitrogen and oxygen atoms in total. The summed E-state index contributed by atoms with van der Waals surface area (Å²) in [6.45, 7) is 4.24. The molecule has 194 valence electrons. The number of nitrogens with two attached hydrogens (primary N) is 1. The number of H-pyrrole nitrogens is 1. The van der Waals surface area contributed by atoms with Crippen LogP contribution in [0.2, 0.25) is 0 Å². The van der Waals surface area contributed by atoms with E-state index in [1.165, 1.54) is 0 Å². The van der Waals surface area contributed by atoms with Crippen molar-refractivity contribution in [3.05, 3.63) is 89.1 Å². The first kappa shape index (κ1) is 26.4. The van der Waals surface area contributed by atoms with Crippen LogP contribution >= 0.6 is 0 Å². The highest BCUT2D eigenvalue weighted by atomic mass is 32.2. The molecular weight excluding hydrogens is 484 g/mol. The van der Waals surface area contributed by atoms with Crippen molar-refractivity contribution in [2.45, 2.75) is 50.8 Å². The molecule has 1 aromatic heterocycles. The molecule has 0 spiro atoms. The van der Waals surface area contributed by atoms with E-state index < -0.39 is 10.0 Å². The number of nitrogens with one attached hydrogen (secondary N) is 3. The van der Waals surface area contributed by atoms with Gasteiger partial charge in [-0.05, 0) is 73.2 Å². The van der Waals surface area contributed by atoms with Crippen molar-refractivity contribution >= 4 is 38.2 Å². The van der Waals surface area contributed by atoms with Crippen LogP contribution in [0.5, 0.6) is 0 Å². The van der Waals surface area contributed by atoms with Crippen LogP contribution in [0.25, 0.3) is 10.9 Å². The number of aromatic nitrogens is 1. The largest absolute Gasteiger partial charge is 0.397 e. The summed E-state index contributed by atoms with van der Waals surface area (Å²) in [4.78, 5) is 16.6. The lowest BCUT2D eigenvalue weighted by Crippen LogP contribution is -2.26. The van der Waals surface area contributed by atoms with Gasteiger partial charge in [0, 0.05) is 17.4 Å². The molecule has 0 aliphatic rings. The number of para-hydroxylation sites is 1. The molecule has 0 atom stereocenters. The number of anilines is 2. The fourth-order valence-corrected chi connectivity index (χ4v) is 5.47. The summed E-state index contributed by atoms with van der Waals surface area (Å²) < 4.78 is 28.5. The predicted molar refractivity (Wildman–Crippen MR) is 150 cm³/mol. The Balaban J connectivity index is 1.48. The van der Waals surface area contributed by atoms with E-state index in [9.17, 15) is 13.2 Å². The first-order chi connectivity index (χ1) is 17.8. The second-order valence-electron chi connectivity index (χ2n) is 9.32. The summed E-state index contributed by atoms with van der Waals surface area (Å²) in [5.74, 6) is -0.330. The molecule has 0 fully saturated rings. The highest BCUT2D eigenvalue weighted by molar-refractivity contribution is 7.89. The molecule has 37 heavy (non-hydrogen) atoms. The summed E-state index contributed by atoms with van der Waals surface area (Å²) in [6, 6.07) is 20.1. The number of sulfonamides is 1. The van der Waals surface area contributed by atoms with Crippen molar-refractivity contribution < 1.29 is 13.2 Å². The number of unbranched alkanes of at least 4 members (excludes halogenated alkanes) is 2. The zero-order valence-corrected chi connectivity index (χ0v) is 22.1. The van der Waals surface area contributed by atoms with E-state index in [-0.39, 0.29) is 17.3 Å². The van der Waals surface area contributed by atoms with Gasteiger partial charge in [0.15, 0.2) is 0 Å². The van der Waals surface area contributed by atoms with Crippen LogP contribution in [-0.4, -0.2) is 25.9 Å². The highest BCUT2D eigenvalue weighted by Gasteiger charge is 2.20. The second-order valence-corrected chi connectivity index (χ2v) is 11.1. The average molecular weight is 519 g/mol. The Morgan fingerprint density at radius 3 is 2.46 bits per heavy atom. The molecule has 0 saturated heterocycles. The van der Waals surface area contributed by atoms with Crippen LogP contribution in [-0.2, 0) is 22.9 Å². The Morgan fingerprint density at radius 2 is 1.73 bits per heavy atom. The lowest BCUT2D eigenvalue weighted by molar-refractivity contribution is 0.102. The second kappa shape index (κ2) is 11.6. The molecule has 0 aliphatic carbocycles. The molecule has 5 N–H and O–H groups in total. The zero-order valence-electron chi connectivity index (χ0n) is 21.3. The number of benzene rings is 3. The van der Waals surface area contributed by atoms with Crippen LogP contribution in [0.4, 0.5) is 11.4 Å². The number of amides is 1. The van der Waals surface area contributed by atoms with Crippen LogP contribution in [0.1, 0.15) is 53.4 Å². The van der Waals surface area contributed by atoms with Gasteiger partial charge in [0.1, 0.15) is 5.69 Å². The molecule has 4 aromatic rings. The molecule has 0 unspecified atom stereocenters. The third-order valence-corrected chi connectivity index (χ3v) is 7.94. The standard InChI is InChI=1S/C29H34N4O3S/c1-3-4-5-8-21-12-14-22(15-13-21)37(35,36)31-18-17-24-23-9-6-7-10-26(23)32-28(24)29(34)33-27-16-11-20(2)19-25(27)30/h6-7,9-16,19,31-32H,3-5,8,17-18,30H2,1-2H3,(H,33,34). The maximum Gasteiger partial charge on any atom is 0.272 e. The third-order valence-electron chi connectivity index (χ3n) is 6.47. The highest BCUT2D eigenvalue weighted by Crippen LogP contribution is 2.26. The van der Waals surface area contributed by atoms with Gasteiger partial charge >= 0.3 is 0 Å². The summed E-state index contributed by atoms with van der Waals surface area (Å²) in [7, 11) is -3.68. The molecule has 1 amide bonds. The van der Waals surface area contributed by atoms with Crippen molar-refractivity contribution in [3.8, 4) is 0 Å². The molecule has 8 heteroatoms. The number of carbonyl (C=O) groups excluding carboxylic acids is 1. The van der Waals surface area contributed by atoms with Crippen molar-refractivity contribution in [2.75, 3.05) is 17.6 Å². The molecule has 0 saturated carbocycles.